The molecule has 1 atom stereocenters. The van der Waals surface area contributed by atoms with Crippen molar-refractivity contribution < 1.29 is 22.7 Å². The van der Waals surface area contributed by atoms with Crippen molar-refractivity contribution in [2.24, 2.45) is 0 Å². The summed E-state index contributed by atoms with van der Waals surface area (Å²) in [5.41, 5.74) is 1.80. The summed E-state index contributed by atoms with van der Waals surface area (Å²) in [6, 6.07) is 19.4. The molecule has 0 aliphatic heterocycles. The molecule has 0 spiro atoms. The van der Waals surface area contributed by atoms with E-state index < -0.39 is 22.5 Å². The normalized spacial score (nSPS) is 11.9. The van der Waals surface area contributed by atoms with Gasteiger partial charge in [0.25, 0.3) is 15.9 Å². The number of amides is 2. The van der Waals surface area contributed by atoms with Gasteiger partial charge in [-0.1, -0.05) is 36.8 Å². The molecule has 0 aromatic heterocycles. The lowest BCUT2D eigenvalue weighted by Crippen LogP contribution is -2.38. The van der Waals surface area contributed by atoms with Crippen molar-refractivity contribution in [3.05, 3.63) is 83.9 Å². The molecule has 2 amide bonds. The Kier molecular flexibility index (Phi) is 8.71. The Morgan fingerprint density at radius 3 is 2.22 bits per heavy atom. The minimum absolute atomic E-state index is 0.0357. The van der Waals surface area contributed by atoms with Crippen LogP contribution in [0.15, 0.2) is 77.7 Å². The Bertz CT molecular complexity index is 1310. The van der Waals surface area contributed by atoms with Crippen LogP contribution in [0.2, 0.25) is 0 Å². The number of carbonyl (C=O) groups is 2. The Balaban J connectivity index is 1.91. The molecule has 0 radical (unpaired) electrons. The first kappa shape index (κ1) is 26.7. The predicted molar refractivity (Wildman–Crippen MR) is 141 cm³/mol. The van der Waals surface area contributed by atoms with Gasteiger partial charge in [0, 0.05) is 6.04 Å². The van der Waals surface area contributed by atoms with Crippen LogP contribution in [0.3, 0.4) is 0 Å². The van der Waals surface area contributed by atoms with Crippen LogP contribution in [-0.4, -0.2) is 39.9 Å². The van der Waals surface area contributed by atoms with Crippen molar-refractivity contribution in [3.63, 3.8) is 0 Å². The first-order valence-electron chi connectivity index (χ1n) is 11.6. The summed E-state index contributed by atoms with van der Waals surface area (Å²) in [6.45, 7) is 5.21. The topological polar surface area (TPSA) is 105 Å². The molecule has 0 aliphatic carbocycles. The van der Waals surface area contributed by atoms with Crippen molar-refractivity contribution in [3.8, 4) is 5.75 Å². The van der Waals surface area contributed by atoms with Crippen molar-refractivity contribution >= 4 is 33.2 Å². The number of anilines is 2. The molecular weight excluding hydrogens is 478 g/mol. The minimum Gasteiger partial charge on any atom is -0.497 e. The van der Waals surface area contributed by atoms with Crippen molar-refractivity contribution in [1.29, 1.82) is 0 Å². The molecule has 8 nitrogen and oxygen atoms in total. The Morgan fingerprint density at radius 1 is 0.972 bits per heavy atom. The number of sulfonamides is 1. The van der Waals surface area contributed by atoms with E-state index in [1.807, 2.05) is 20.8 Å². The van der Waals surface area contributed by atoms with Gasteiger partial charge < -0.3 is 15.4 Å². The van der Waals surface area contributed by atoms with Crippen LogP contribution >= 0.6 is 0 Å². The number of nitrogens with one attached hydrogen (secondary N) is 2. The van der Waals surface area contributed by atoms with Gasteiger partial charge >= 0.3 is 0 Å². The average molecular weight is 510 g/mol. The molecule has 0 heterocycles. The Morgan fingerprint density at radius 2 is 1.61 bits per heavy atom. The van der Waals surface area contributed by atoms with E-state index in [4.69, 9.17) is 4.74 Å². The molecule has 36 heavy (non-hydrogen) atoms. The van der Waals surface area contributed by atoms with E-state index in [1.165, 1.54) is 19.2 Å². The minimum atomic E-state index is -4.07. The van der Waals surface area contributed by atoms with Crippen LogP contribution in [-0.2, 0) is 14.8 Å². The van der Waals surface area contributed by atoms with Crippen LogP contribution in [0.4, 0.5) is 11.4 Å². The average Bonchev–Trinajstić information content (AvgIpc) is 2.87. The third kappa shape index (κ3) is 6.42. The number of carbonyl (C=O) groups excluding carboxylic acids is 2. The highest BCUT2D eigenvalue weighted by Crippen LogP contribution is 2.26. The quantitative estimate of drug-likeness (QED) is 0.422. The fourth-order valence-corrected chi connectivity index (χ4v) is 4.84. The fraction of sp³-hybridized carbons (Fsp3) is 0.259. The lowest BCUT2D eigenvalue weighted by molar-refractivity contribution is -0.114. The molecular formula is C27H31N3O5S. The second-order valence-corrected chi connectivity index (χ2v) is 10.3. The molecule has 3 aromatic carbocycles. The molecule has 1 unspecified atom stereocenters. The number of hydrogen-bond donors (Lipinski definition) is 2. The van der Waals surface area contributed by atoms with Crippen molar-refractivity contribution in [2.45, 2.75) is 38.1 Å². The molecule has 0 fully saturated rings. The summed E-state index contributed by atoms with van der Waals surface area (Å²) in [5.74, 6) is -0.359. The van der Waals surface area contributed by atoms with Crippen LogP contribution in [0.1, 0.15) is 36.2 Å². The first-order chi connectivity index (χ1) is 17.1. The highest BCUT2D eigenvalue weighted by Gasteiger charge is 2.28. The van der Waals surface area contributed by atoms with Gasteiger partial charge in [-0.05, 0) is 68.8 Å². The zero-order chi connectivity index (χ0) is 26.3. The summed E-state index contributed by atoms with van der Waals surface area (Å²) in [7, 11) is -2.56. The second kappa shape index (κ2) is 11.7. The van der Waals surface area contributed by atoms with Gasteiger partial charge in [0.15, 0.2) is 0 Å². The summed E-state index contributed by atoms with van der Waals surface area (Å²) >= 11 is 0. The van der Waals surface area contributed by atoms with E-state index in [0.717, 1.165) is 16.3 Å². The van der Waals surface area contributed by atoms with Gasteiger partial charge in [-0.25, -0.2) is 8.42 Å². The van der Waals surface area contributed by atoms with Gasteiger partial charge in [0.1, 0.15) is 12.3 Å². The number of rotatable bonds is 10. The summed E-state index contributed by atoms with van der Waals surface area (Å²) in [6.07, 6.45) is 0.758. The standard InChI is InChI=1S/C27H31N3O5S/c1-5-20(3)28-27(32)24-8-6-7-9-25(24)29-26(31)18-30(21-12-14-22(35-4)15-13-21)36(33,34)23-16-10-19(2)11-17-23/h6-17,20H,5,18H2,1-4H3,(H,28,32)(H,29,31). The summed E-state index contributed by atoms with van der Waals surface area (Å²) in [4.78, 5) is 25.9. The third-order valence-electron chi connectivity index (χ3n) is 5.69. The lowest BCUT2D eigenvalue weighted by atomic mass is 10.1. The van der Waals surface area contributed by atoms with Crippen LogP contribution in [0, 0.1) is 6.92 Å². The molecule has 0 aliphatic rings. The Labute approximate surface area is 212 Å². The maximum absolute atomic E-state index is 13.6. The molecule has 2 N–H and O–H groups in total. The number of ether oxygens (including phenoxy) is 1. The highest BCUT2D eigenvalue weighted by atomic mass is 32.2. The predicted octanol–water partition coefficient (Wildman–Crippen LogP) is 4.37. The lowest BCUT2D eigenvalue weighted by Gasteiger charge is -2.24. The van der Waals surface area contributed by atoms with Crippen LogP contribution in [0.25, 0.3) is 0 Å². The Hall–Kier alpha value is -3.85. The molecule has 3 aromatic rings. The number of aryl methyl sites for hydroxylation is 1. The molecule has 0 saturated carbocycles. The SMILES string of the molecule is CCC(C)NC(=O)c1ccccc1NC(=O)CN(c1ccc(OC)cc1)S(=O)(=O)c1ccc(C)cc1. The summed E-state index contributed by atoms with van der Waals surface area (Å²) in [5, 5.41) is 5.59. The second-order valence-electron chi connectivity index (χ2n) is 8.40. The van der Waals surface area contributed by atoms with E-state index >= 15 is 0 Å². The van der Waals surface area contributed by atoms with E-state index in [9.17, 15) is 18.0 Å². The summed E-state index contributed by atoms with van der Waals surface area (Å²) < 4.78 is 33.3. The van der Waals surface area contributed by atoms with Gasteiger partial charge in [0.05, 0.1) is 28.9 Å². The number of hydrogen-bond acceptors (Lipinski definition) is 5. The largest absolute Gasteiger partial charge is 0.497 e. The molecule has 9 heteroatoms. The maximum Gasteiger partial charge on any atom is 0.264 e. The van der Waals surface area contributed by atoms with E-state index in [1.54, 1.807) is 60.7 Å². The van der Waals surface area contributed by atoms with Gasteiger partial charge in [-0.3, -0.25) is 13.9 Å². The van der Waals surface area contributed by atoms with Crippen molar-refractivity contribution in [1.82, 2.24) is 5.32 Å². The number of para-hydroxylation sites is 1. The molecule has 190 valence electrons. The van der Waals surface area contributed by atoms with Crippen molar-refractivity contribution in [2.75, 3.05) is 23.3 Å². The van der Waals surface area contributed by atoms with E-state index in [-0.39, 0.29) is 16.8 Å². The van der Waals surface area contributed by atoms with Crippen LogP contribution in [0.5, 0.6) is 5.75 Å². The van der Waals surface area contributed by atoms with Crippen LogP contribution < -0.4 is 19.7 Å². The monoisotopic (exact) mass is 509 g/mol. The third-order valence-corrected chi connectivity index (χ3v) is 7.48. The highest BCUT2D eigenvalue weighted by molar-refractivity contribution is 7.92. The van der Waals surface area contributed by atoms with Gasteiger partial charge in [-0.2, -0.15) is 0 Å². The smallest absolute Gasteiger partial charge is 0.264 e. The van der Waals surface area contributed by atoms with E-state index in [2.05, 4.69) is 10.6 Å². The first-order valence-corrected chi connectivity index (χ1v) is 13.0. The fourth-order valence-electron chi connectivity index (χ4n) is 3.41. The number of nitrogens with zero attached hydrogens (tertiary/aromatic N) is 1. The molecule has 0 bridgehead atoms. The zero-order valence-electron chi connectivity index (χ0n) is 20.8. The maximum atomic E-state index is 13.6. The van der Waals surface area contributed by atoms with Gasteiger partial charge in [0.2, 0.25) is 5.91 Å². The number of benzene rings is 3. The molecule has 0 saturated heterocycles. The number of methoxy groups -OCH3 is 1. The van der Waals surface area contributed by atoms with Gasteiger partial charge in [-0.15, -0.1) is 0 Å². The van der Waals surface area contributed by atoms with E-state index in [0.29, 0.717) is 22.7 Å². The molecule has 3 rings (SSSR count). The zero-order valence-corrected chi connectivity index (χ0v) is 21.6.